The minimum Gasteiger partial charge on any atom is -0.384 e. The molecule has 0 atom stereocenters. The monoisotopic (exact) mass is 383 g/mol. The van der Waals surface area contributed by atoms with Gasteiger partial charge in [-0.15, -0.1) is 0 Å². The second-order valence-electron chi connectivity index (χ2n) is 6.50. The zero-order chi connectivity index (χ0) is 18.5. The molecular weight excluding hydrogens is 362 g/mol. The van der Waals surface area contributed by atoms with Gasteiger partial charge in [0.15, 0.2) is 0 Å². The number of aromatic nitrogens is 3. The van der Waals surface area contributed by atoms with E-state index in [0.29, 0.717) is 5.02 Å². The Morgan fingerprint density at radius 2 is 1.93 bits per heavy atom. The van der Waals surface area contributed by atoms with E-state index in [4.69, 9.17) is 21.3 Å². The summed E-state index contributed by atoms with van der Waals surface area (Å²) in [4.78, 5) is 15.7. The standard InChI is InChI=1S/C20H22ClN5O/c21-15-3-4-17-18(6-9-23-19(17)14-15)22-7-1-2-16-5-8-24-20(25-16)26-10-12-27-13-11-26/h3-6,8-9,14H,1-2,7,10-13H2,(H,22,23). The van der Waals surface area contributed by atoms with E-state index in [0.717, 1.165) is 73.9 Å². The van der Waals surface area contributed by atoms with Gasteiger partial charge in [-0.3, -0.25) is 4.98 Å². The molecule has 1 saturated heterocycles. The van der Waals surface area contributed by atoms with Crippen LogP contribution in [0.5, 0.6) is 0 Å². The maximum absolute atomic E-state index is 6.05. The Morgan fingerprint density at radius 3 is 2.81 bits per heavy atom. The molecule has 3 heterocycles. The molecule has 0 amide bonds. The average molecular weight is 384 g/mol. The molecular formula is C20H22ClN5O. The van der Waals surface area contributed by atoms with Crippen molar-refractivity contribution >= 4 is 34.1 Å². The van der Waals surface area contributed by atoms with E-state index in [1.54, 1.807) is 6.20 Å². The van der Waals surface area contributed by atoms with Gasteiger partial charge in [-0.05, 0) is 43.2 Å². The number of morpholine rings is 1. The number of halogens is 1. The molecule has 1 aliphatic heterocycles. The highest BCUT2D eigenvalue weighted by Crippen LogP contribution is 2.24. The van der Waals surface area contributed by atoms with Crippen LogP contribution in [0.2, 0.25) is 5.02 Å². The van der Waals surface area contributed by atoms with Gasteiger partial charge in [-0.1, -0.05) is 11.6 Å². The zero-order valence-corrected chi connectivity index (χ0v) is 15.8. The minimum absolute atomic E-state index is 0.701. The van der Waals surface area contributed by atoms with Crippen LogP contribution in [0, 0.1) is 0 Å². The highest BCUT2D eigenvalue weighted by molar-refractivity contribution is 6.31. The predicted octanol–water partition coefficient (Wildman–Crippen LogP) is 3.56. The lowest BCUT2D eigenvalue weighted by molar-refractivity contribution is 0.122. The molecule has 27 heavy (non-hydrogen) atoms. The minimum atomic E-state index is 0.701. The van der Waals surface area contributed by atoms with Crippen molar-refractivity contribution < 1.29 is 4.74 Å². The summed E-state index contributed by atoms with van der Waals surface area (Å²) in [6.45, 7) is 4.04. The van der Waals surface area contributed by atoms with Crippen molar-refractivity contribution in [3.05, 3.63) is 53.4 Å². The van der Waals surface area contributed by atoms with Gasteiger partial charge in [-0.25, -0.2) is 9.97 Å². The number of nitrogens with zero attached hydrogens (tertiary/aromatic N) is 4. The maximum atomic E-state index is 6.05. The molecule has 6 nitrogen and oxygen atoms in total. The molecule has 1 N–H and O–H groups in total. The Morgan fingerprint density at radius 1 is 1.07 bits per heavy atom. The topological polar surface area (TPSA) is 63.2 Å². The van der Waals surface area contributed by atoms with Crippen LogP contribution in [-0.4, -0.2) is 47.8 Å². The third-order valence-electron chi connectivity index (χ3n) is 4.62. The summed E-state index contributed by atoms with van der Waals surface area (Å²) in [5.41, 5.74) is 3.05. The molecule has 0 spiro atoms. The van der Waals surface area contributed by atoms with E-state index >= 15 is 0 Å². The van der Waals surface area contributed by atoms with Crippen molar-refractivity contribution in [2.24, 2.45) is 0 Å². The average Bonchev–Trinajstić information content (AvgIpc) is 2.72. The Labute approximate surface area is 163 Å². The van der Waals surface area contributed by atoms with Crippen LogP contribution < -0.4 is 10.2 Å². The summed E-state index contributed by atoms with van der Waals surface area (Å²) < 4.78 is 5.39. The van der Waals surface area contributed by atoms with Crippen molar-refractivity contribution in [1.82, 2.24) is 15.0 Å². The molecule has 1 aromatic carbocycles. The number of anilines is 2. The van der Waals surface area contributed by atoms with Crippen molar-refractivity contribution in [2.45, 2.75) is 12.8 Å². The van der Waals surface area contributed by atoms with E-state index in [9.17, 15) is 0 Å². The zero-order valence-electron chi connectivity index (χ0n) is 15.1. The lowest BCUT2D eigenvalue weighted by Gasteiger charge is -2.26. The van der Waals surface area contributed by atoms with Gasteiger partial charge in [0.05, 0.1) is 18.7 Å². The van der Waals surface area contributed by atoms with E-state index < -0.39 is 0 Å². The Kier molecular flexibility index (Phi) is 5.65. The number of nitrogens with one attached hydrogen (secondary N) is 1. The molecule has 1 fully saturated rings. The number of ether oxygens (including phenoxy) is 1. The largest absolute Gasteiger partial charge is 0.384 e. The molecule has 0 unspecified atom stereocenters. The van der Waals surface area contributed by atoms with Crippen LogP contribution in [0.4, 0.5) is 11.6 Å². The number of aryl methyl sites for hydroxylation is 1. The highest BCUT2D eigenvalue weighted by atomic mass is 35.5. The van der Waals surface area contributed by atoms with Crippen LogP contribution in [0.25, 0.3) is 10.9 Å². The van der Waals surface area contributed by atoms with Crippen LogP contribution in [0.3, 0.4) is 0 Å². The van der Waals surface area contributed by atoms with Gasteiger partial charge in [-0.2, -0.15) is 0 Å². The molecule has 140 valence electrons. The number of benzene rings is 1. The summed E-state index contributed by atoms with van der Waals surface area (Å²) in [5, 5.41) is 5.28. The SMILES string of the molecule is Clc1ccc2c(NCCCc3ccnc(N4CCOCC4)n3)ccnc2c1. The molecule has 1 aliphatic rings. The third kappa shape index (κ3) is 4.46. The van der Waals surface area contributed by atoms with Gasteiger partial charge in [0.25, 0.3) is 0 Å². The first-order chi connectivity index (χ1) is 13.3. The highest BCUT2D eigenvalue weighted by Gasteiger charge is 2.13. The van der Waals surface area contributed by atoms with E-state index in [1.165, 1.54) is 0 Å². The summed E-state index contributed by atoms with van der Waals surface area (Å²) in [5.74, 6) is 0.806. The smallest absolute Gasteiger partial charge is 0.225 e. The lowest BCUT2D eigenvalue weighted by Crippen LogP contribution is -2.37. The second-order valence-corrected chi connectivity index (χ2v) is 6.93. The number of rotatable bonds is 6. The van der Waals surface area contributed by atoms with E-state index in [1.807, 2.05) is 36.5 Å². The fourth-order valence-electron chi connectivity index (χ4n) is 3.21. The molecule has 0 saturated carbocycles. The number of pyridine rings is 1. The summed E-state index contributed by atoms with van der Waals surface area (Å²) >= 11 is 6.05. The molecule has 2 aromatic heterocycles. The van der Waals surface area contributed by atoms with Crippen molar-refractivity contribution in [2.75, 3.05) is 43.1 Å². The Bertz CT molecular complexity index is 914. The molecule has 0 bridgehead atoms. The first kappa shape index (κ1) is 17.9. The van der Waals surface area contributed by atoms with Crippen molar-refractivity contribution in [3.63, 3.8) is 0 Å². The molecule has 0 aliphatic carbocycles. The number of fused-ring (bicyclic) bond motifs is 1. The summed E-state index contributed by atoms with van der Waals surface area (Å²) in [7, 11) is 0. The van der Waals surface area contributed by atoms with Gasteiger partial charge in [0.2, 0.25) is 5.95 Å². The van der Waals surface area contributed by atoms with Crippen LogP contribution in [0.1, 0.15) is 12.1 Å². The summed E-state index contributed by atoms with van der Waals surface area (Å²) in [6, 6.07) is 9.78. The first-order valence-electron chi connectivity index (χ1n) is 9.22. The molecule has 3 aromatic rings. The second kappa shape index (κ2) is 8.50. The Balaban J connectivity index is 1.34. The normalized spacial score (nSPS) is 14.5. The quantitative estimate of drug-likeness (QED) is 0.657. The van der Waals surface area contributed by atoms with Crippen molar-refractivity contribution in [1.29, 1.82) is 0 Å². The lowest BCUT2D eigenvalue weighted by atomic mass is 10.1. The summed E-state index contributed by atoms with van der Waals surface area (Å²) in [6.07, 6.45) is 5.54. The first-order valence-corrected chi connectivity index (χ1v) is 9.60. The fraction of sp³-hybridized carbons (Fsp3) is 0.350. The molecule has 7 heteroatoms. The van der Waals surface area contributed by atoms with Gasteiger partial charge in [0.1, 0.15) is 0 Å². The number of hydrogen-bond acceptors (Lipinski definition) is 6. The predicted molar refractivity (Wildman–Crippen MR) is 109 cm³/mol. The fourth-order valence-corrected chi connectivity index (χ4v) is 3.37. The van der Waals surface area contributed by atoms with Crippen molar-refractivity contribution in [3.8, 4) is 0 Å². The van der Waals surface area contributed by atoms with E-state index in [-0.39, 0.29) is 0 Å². The Hall–Kier alpha value is -2.44. The number of hydrogen-bond donors (Lipinski definition) is 1. The maximum Gasteiger partial charge on any atom is 0.225 e. The van der Waals surface area contributed by atoms with Crippen LogP contribution >= 0.6 is 11.6 Å². The van der Waals surface area contributed by atoms with Gasteiger partial charge >= 0.3 is 0 Å². The van der Waals surface area contributed by atoms with Gasteiger partial charge < -0.3 is 15.0 Å². The van der Waals surface area contributed by atoms with E-state index in [2.05, 4.69) is 20.2 Å². The van der Waals surface area contributed by atoms with Crippen LogP contribution in [-0.2, 0) is 11.2 Å². The van der Waals surface area contributed by atoms with Crippen LogP contribution in [0.15, 0.2) is 42.7 Å². The molecule has 4 rings (SSSR count). The van der Waals surface area contributed by atoms with Gasteiger partial charge in [0, 0.05) is 53.8 Å². The molecule has 0 radical (unpaired) electrons. The third-order valence-corrected chi connectivity index (χ3v) is 4.86.